The molecule has 6 rings (SSSR count). The average Bonchev–Trinajstić information content (AvgIpc) is 3.70. The maximum Gasteiger partial charge on any atom is 0.573 e. The number of benzene rings is 3. The molecule has 4 unspecified atom stereocenters. The molecule has 1 aliphatic carbocycles. The van der Waals surface area contributed by atoms with Crippen molar-refractivity contribution in [3.8, 4) is 5.75 Å². The van der Waals surface area contributed by atoms with Gasteiger partial charge < -0.3 is 19.1 Å². The summed E-state index contributed by atoms with van der Waals surface area (Å²) in [5.41, 5.74) is 1.64. The Labute approximate surface area is 244 Å². The van der Waals surface area contributed by atoms with Gasteiger partial charge in [-0.05, 0) is 79.4 Å². The summed E-state index contributed by atoms with van der Waals surface area (Å²) in [6.07, 6.45) is -3.97. The Morgan fingerprint density at radius 3 is 2.17 bits per heavy atom. The van der Waals surface area contributed by atoms with Crippen LogP contribution in [0.4, 0.5) is 13.2 Å². The van der Waals surface area contributed by atoms with Crippen LogP contribution in [0, 0.1) is 5.92 Å². The minimum absolute atomic E-state index is 0.0532. The van der Waals surface area contributed by atoms with Gasteiger partial charge in [0.2, 0.25) is 0 Å². The second-order valence-electron chi connectivity index (χ2n) is 10.3. The van der Waals surface area contributed by atoms with Crippen molar-refractivity contribution < 1.29 is 32.0 Å². The van der Waals surface area contributed by atoms with Crippen molar-refractivity contribution in [1.82, 2.24) is 9.29 Å². The summed E-state index contributed by atoms with van der Waals surface area (Å²) in [5.74, 6) is -0.125. The van der Waals surface area contributed by atoms with Crippen LogP contribution >= 0.6 is 23.2 Å². The molecule has 1 saturated carbocycles. The topological polar surface area (TPSA) is 85.1 Å². The Morgan fingerprint density at radius 2 is 1.61 bits per heavy atom. The van der Waals surface area contributed by atoms with E-state index in [2.05, 4.69) is 13.8 Å². The molecule has 218 valence electrons. The van der Waals surface area contributed by atoms with E-state index in [9.17, 15) is 22.5 Å². The summed E-state index contributed by atoms with van der Waals surface area (Å²) in [6.45, 7) is 0.569. The highest BCUT2D eigenvalue weighted by molar-refractivity contribution is 7.91. The van der Waals surface area contributed by atoms with E-state index in [-0.39, 0.29) is 18.1 Å². The Bertz CT molecular complexity index is 1660. The highest BCUT2D eigenvalue weighted by atomic mass is 35.5. The van der Waals surface area contributed by atoms with Gasteiger partial charge in [0.15, 0.2) is 0 Å². The van der Waals surface area contributed by atoms with Crippen molar-refractivity contribution in [3.63, 3.8) is 0 Å². The predicted molar refractivity (Wildman–Crippen MR) is 152 cm³/mol. The second-order valence-corrected chi connectivity index (χ2v) is 13.2. The maximum absolute atomic E-state index is 14.3. The quantitative estimate of drug-likeness (QED) is 0.238. The molecule has 2 N–H and O–H groups in total. The lowest BCUT2D eigenvalue weighted by atomic mass is 10.0. The molecule has 2 fully saturated rings. The van der Waals surface area contributed by atoms with Gasteiger partial charge >= 0.3 is 6.36 Å². The molecule has 7 nitrogen and oxygen atoms in total. The van der Waals surface area contributed by atoms with Crippen molar-refractivity contribution >= 4 is 54.9 Å². The van der Waals surface area contributed by atoms with E-state index in [4.69, 9.17) is 27.9 Å². The molecule has 0 amide bonds. The summed E-state index contributed by atoms with van der Waals surface area (Å²) in [7, 11) is -3.35. The highest BCUT2D eigenvalue weighted by Crippen LogP contribution is 2.38. The molecule has 4 atom stereocenters. The summed E-state index contributed by atoms with van der Waals surface area (Å²) >= 11 is 12.6. The number of aliphatic hydroxyl groups excluding tert-OH is 1. The number of fused-ring (bicyclic) bond motifs is 3. The second kappa shape index (κ2) is 10.9. The summed E-state index contributed by atoms with van der Waals surface area (Å²) < 4.78 is 71.6. The molecule has 0 spiro atoms. The fourth-order valence-corrected chi connectivity index (χ4v) is 7.44. The molecule has 0 bridgehead atoms. The van der Waals surface area contributed by atoms with E-state index >= 15 is 0 Å². The number of aliphatic hydroxyl groups is 1. The van der Waals surface area contributed by atoms with Crippen LogP contribution in [0.3, 0.4) is 0 Å². The summed E-state index contributed by atoms with van der Waals surface area (Å²) in [6, 6.07) is 14.4. The predicted octanol–water partition coefficient (Wildman–Crippen LogP) is 6.74. The molecule has 1 saturated heterocycles. The third kappa shape index (κ3) is 6.02. The van der Waals surface area contributed by atoms with E-state index < -0.39 is 40.2 Å². The van der Waals surface area contributed by atoms with E-state index in [0.29, 0.717) is 22.5 Å². The molecular weight excluding hydrogens is 602 g/mol. The Hall–Kier alpha value is -2.54. The Balaban J connectivity index is 1.35. The van der Waals surface area contributed by atoms with Crippen molar-refractivity contribution in [1.29, 1.82) is 0 Å². The van der Waals surface area contributed by atoms with Gasteiger partial charge in [-0.1, -0.05) is 23.2 Å². The van der Waals surface area contributed by atoms with Gasteiger partial charge in [0, 0.05) is 31.9 Å². The molecule has 2 aliphatic rings. The number of rotatable bonds is 7. The average molecular weight is 629 g/mol. The molecule has 41 heavy (non-hydrogen) atoms. The third-order valence-electron chi connectivity index (χ3n) is 7.35. The lowest BCUT2D eigenvalue weighted by Crippen LogP contribution is -2.53. The zero-order chi connectivity index (χ0) is 28.9. The molecular formula is C28H26Cl2F3N3O4S. The van der Waals surface area contributed by atoms with Crippen LogP contribution in [0.1, 0.15) is 18.9 Å². The molecule has 0 radical (unpaired) electrons. The van der Waals surface area contributed by atoms with Crippen LogP contribution in [0.5, 0.6) is 5.75 Å². The van der Waals surface area contributed by atoms with Gasteiger partial charge in [-0.25, -0.2) is 13.3 Å². The number of halogens is 5. The van der Waals surface area contributed by atoms with E-state index in [1.54, 1.807) is 12.1 Å². The van der Waals surface area contributed by atoms with Crippen molar-refractivity contribution in [2.45, 2.75) is 42.3 Å². The zero-order valence-electron chi connectivity index (χ0n) is 21.5. The smallest absolute Gasteiger partial charge is 0.406 e. The van der Waals surface area contributed by atoms with Gasteiger partial charge in [0.1, 0.15) is 15.7 Å². The summed E-state index contributed by atoms with van der Waals surface area (Å²) in [4.78, 5) is 0.183. The standard InChI is InChI=1S/C28H26Cl2F3N3O4S/c29-17-3-9-24-21(11-17)22-12-18(30)4-10-25(22)36(24)26-15-39-14-23(27(26)37)35-41(38,34-13-16-1-2-16)20-7-5-19(6-8-20)40-28(31,32)33/h3-12,16,23,26-27,37H,1-2,13-15H2,(H,34,35,38). The molecule has 4 aromatic rings. The van der Waals surface area contributed by atoms with Crippen LogP contribution in [-0.2, 0) is 14.7 Å². The van der Waals surface area contributed by atoms with Crippen LogP contribution in [-0.4, -0.2) is 52.1 Å². The number of hydrogen-bond donors (Lipinski definition) is 2. The van der Waals surface area contributed by atoms with E-state index in [1.807, 2.05) is 28.8 Å². The van der Waals surface area contributed by atoms with Crippen LogP contribution in [0.2, 0.25) is 10.0 Å². The lowest BCUT2D eigenvalue weighted by molar-refractivity contribution is -0.274. The third-order valence-corrected chi connectivity index (χ3v) is 9.87. The summed E-state index contributed by atoms with van der Waals surface area (Å²) in [5, 5.41) is 14.5. The minimum atomic E-state index is -4.85. The van der Waals surface area contributed by atoms with Crippen LogP contribution in [0.15, 0.2) is 69.9 Å². The molecule has 1 aromatic heterocycles. The van der Waals surface area contributed by atoms with Crippen molar-refractivity contribution in [2.24, 2.45) is 10.3 Å². The van der Waals surface area contributed by atoms with Gasteiger partial charge in [0.05, 0.1) is 42.8 Å². The monoisotopic (exact) mass is 627 g/mol. The molecule has 13 heteroatoms. The number of nitrogens with one attached hydrogen (secondary N) is 1. The first kappa shape index (κ1) is 28.6. The van der Waals surface area contributed by atoms with E-state index in [0.717, 1.165) is 46.8 Å². The first-order valence-electron chi connectivity index (χ1n) is 13.0. The maximum atomic E-state index is 14.3. The Kier molecular flexibility index (Phi) is 7.63. The number of aromatic nitrogens is 1. The van der Waals surface area contributed by atoms with E-state index in [1.165, 1.54) is 12.1 Å². The zero-order valence-corrected chi connectivity index (χ0v) is 23.8. The first-order chi connectivity index (χ1) is 19.5. The first-order valence-corrected chi connectivity index (χ1v) is 15.3. The Morgan fingerprint density at radius 1 is 1.00 bits per heavy atom. The number of nitrogens with zero attached hydrogens (tertiary/aromatic N) is 2. The number of alkyl halides is 3. The minimum Gasteiger partial charge on any atom is -0.406 e. The van der Waals surface area contributed by atoms with Gasteiger partial charge in [-0.2, -0.15) is 0 Å². The SMILES string of the molecule is O=S(=NCC1CC1)(NC1COCC(n2c3ccc(Cl)cc3c3cc(Cl)ccc32)C1O)c1ccc(OC(F)(F)F)cc1. The highest BCUT2D eigenvalue weighted by Gasteiger charge is 2.38. The van der Waals surface area contributed by atoms with Gasteiger partial charge in [-0.15, -0.1) is 13.2 Å². The number of hydrogen-bond acceptors (Lipinski definition) is 5. The molecule has 1 aliphatic heterocycles. The van der Waals surface area contributed by atoms with Crippen LogP contribution < -0.4 is 9.46 Å². The van der Waals surface area contributed by atoms with Crippen LogP contribution in [0.25, 0.3) is 21.8 Å². The molecule has 2 heterocycles. The van der Waals surface area contributed by atoms with Gasteiger partial charge in [-0.3, -0.25) is 0 Å². The molecule has 3 aromatic carbocycles. The lowest BCUT2D eigenvalue weighted by Gasteiger charge is -2.37. The van der Waals surface area contributed by atoms with Crippen molar-refractivity contribution in [2.75, 3.05) is 19.8 Å². The normalized spacial score (nSPS) is 23.0. The fourth-order valence-electron chi connectivity index (χ4n) is 5.19. The largest absolute Gasteiger partial charge is 0.573 e. The van der Waals surface area contributed by atoms with Crippen molar-refractivity contribution in [3.05, 3.63) is 70.7 Å². The number of ether oxygens (including phenoxy) is 2. The fraction of sp³-hybridized carbons (Fsp3) is 0.357. The van der Waals surface area contributed by atoms with Gasteiger partial charge in [0.25, 0.3) is 0 Å².